The lowest BCUT2D eigenvalue weighted by Gasteiger charge is -2.36. The van der Waals surface area contributed by atoms with Crippen molar-refractivity contribution >= 4 is 0 Å². The smallest absolute Gasteiger partial charge is 0.126 e. The van der Waals surface area contributed by atoms with Crippen LogP contribution in [0.2, 0.25) is 0 Å². The quantitative estimate of drug-likeness (QED) is 0.621. The standard InChI is InChI=1S/C19H27F/c1-14-7-12-18(19(20)13-14)17-10-8-16(9-11-17)15-5-3-2-4-6-15/h7,12-13,15-17H,2-6,8-11H2,1H3. The Morgan fingerprint density at radius 1 is 0.850 bits per heavy atom. The number of benzene rings is 1. The van der Waals surface area contributed by atoms with Gasteiger partial charge in [0.1, 0.15) is 5.82 Å². The minimum Gasteiger partial charge on any atom is -0.207 e. The van der Waals surface area contributed by atoms with Gasteiger partial charge in [0.2, 0.25) is 0 Å². The first-order chi connectivity index (χ1) is 9.74. The van der Waals surface area contributed by atoms with Crippen LogP contribution in [-0.4, -0.2) is 0 Å². The van der Waals surface area contributed by atoms with Gasteiger partial charge in [-0.25, -0.2) is 4.39 Å². The topological polar surface area (TPSA) is 0 Å². The Morgan fingerprint density at radius 2 is 1.50 bits per heavy atom. The van der Waals surface area contributed by atoms with Crippen LogP contribution in [0.25, 0.3) is 0 Å². The maximum atomic E-state index is 14.1. The first-order valence-corrected chi connectivity index (χ1v) is 8.50. The summed E-state index contributed by atoms with van der Waals surface area (Å²) >= 11 is 0. The Balaban J connectivity index is 1.60. The van der Waals surface area contributed by atoms with E-state index in [2.05, 4.69) is 6.07 Å². The maximum Gasteiger partial charge on any atom is 0.126 e. The minimum absolute atomic E-state index is 0.0196. The van der Waals surface area contributed by atoms with Crippen molar-refractivity contribution in [1.82, 2.24) is 0 Å². The first-order valence-electron chi connectivity index (χ1n) is 8.50. The van der Waals surface area contributed by atoms with E-state index in [4.69, 9.17) is 0 Å². The van der Waals surface area contributed by atoms with Crippen LogP contribution >= 0.6 is 0 Å². The molecule has 0 unspecified atom stereocenters. The molecule has 0 amide bonds. The zero-order valence-electron chi connectivity index (χ0n) is 12.7. The van der Waals surface area contributed by atoms with E-state index in [1.807, 2.05) is 13.0 Å². The summed E-state index contributed by atoms with van der Waals surface area (Å²) in [6.45, 7) is 1.97. The van der Waals surface area contributed by atoms with Gasteiger partial charge in [0.05, 0.1) is 0 Å². The third kappa shape index (κ3) is 3.07. The summed E-state index contributed by atoms with van der Waals surface area (Å²) in [5.41, 5.74) is 2.00. The van der Waals surface area contributed by atoms with Crippen LogP contribution in [0.3, 0.4) is 0 Å². The second-order valence-electron chi connectivity index (χ2n) is 7.03. The highest BCUT2D eigenvalue weighted by Crippen LogP contribution is 2.43. The molecule has 2 saturated carbocycles. The van der Waals surface area contributed by atoms with Gasteiger partial charge in [-0.15, -0.1) is 0 Å². The van der Waals surface area contributed by atoms with Gasteiger partial charge in [-0.1, -0.05) is 44.2 Å². The number of halogens is 1. The predicted molar refractivity (Wildman–Crippen MR) is 82.4 cm³/mol. The fourth-order valence-electron chi connectivity index (χ4n) is 4.47. The van der Waals surface area contributed by atoms with Crippen LogP contribution < -0.4 is 0 Å². The lowest BCUT2D eigenvalue weighted by molar-refractivity contribution is 0.185. The second-order valence-corrected chi connectivity index (χ2v) is 7.03. The average Bonchev–Trinajstić information content (AvgIpc) is 2.48. The van der Waals surface area contributed by atoms with Gasteiger partial charge in [0.25, 0.3) is 0 Å². The molecule has 0 radical (unpaired) electrons. The first kappa shape index (κ1) is 14.1. The molecule has 0 nitrogen and oxygen atoms in total. The highest BCUT2D eigenvalue weighted by Gasteiger charge is 2.29. The van der Waals surface area contributed by atoms with Crippen LogP contribution in [0.15, 0.2) is 18.2 Å². The number of hydrogen-bond acceptors (Lipinski definition) is 0. The minimum atomic E-state index is 0.0196. The third-order valence-corrected chi connectivity index (χ3v) is 5.68. The summed E-state index contributed by atoms with van der Waals surface area (Å²) in [7, 11) is 0. The lowest BCUT2D eigenvalue weighted by atomic mass is 9.70. The molecule has 2 aliphatic rings. The fourth-order valence-corrected chi connectivity index (χ4v) is 4.47. The van der Waals surface area contributed by atoms with Crippen molar-refractivity contribution in [2.75, 3.05) is 0 Å². The van der Waals surface area contributed by atoms with Crippen LogP contribution in [0.1, 0.15) is 74.8 Å². The van der Waals surface area contributed by atoms with Crippen molar-refractivity contribution in [3.63, 3.8) is 0 Å². The predicted octanol–water partition coefficient (Wildman–Crippen LogP) is 5.99. The molecule has 0 bridgehead atoms. The second kappa shape index (κ2) is 6.28. The van der Waals surface area contributed by atoms with Crippen molar-refractivity contribution in [1.29, 1.82) is 0 Å². The van der Waals surface area contributed by atoms with Crippen LogP contribution in [0, 0.1) is 24.6 Å². The molecule has 2 fully saturated rings. The summed E-state index contributed by atoms with van der Waals surface area (Å²) in [6, 6.07) is 5.78. The van der Waals surface area contributed by atoms with E-state index in [-0.39, 0.29) is 5.82 Å². The lowest BCUT2D eigenvalue weighted by Crippen LogP contribution is -2.23. The van der Waals surface area contributed by atoms with Crippen LogP contribution in [0.4, 0.5) is 4.39 Å². The number of aryl methyl sites for hydroxylation is 1. The molecule has 0 N–H and O–H groups in total. The van der Waals surface area contributed by atoms with Crippen molar-refractivity contribution in [2.24, 2.45) is 11.8 Å². The SMILES string of the molecule is Cc1ccc(C2CCC(C3CCCCC3)CC2)c(F)c1. The molecule has 0 spiro atoms. The van der Waals surface area contributed by atoms with E-state index in [0.717, 1.165) is 23.0 Å². The zero-order chi connectivity index (χ0) is 13.9. The third-order valence-electron chi connectivity index (χ3n) is 5.68. The van der Waals surface area contributed by atoms with Gasteiger partial charge in [0, 0.05) is 0 Å². The van der Waals surface area contributed by atoms with Gasteiger partial charge in [0.15, 0.2) is 0 Å². The molecule has 110 valence electrons. The molecule has 1 aromatic rings. The largest absolute Gasteiger partial charge is 0.207 e. The zero-order valence-corrected chi connectivity index (χ0v) is 12.7. The summed E-state index contributed by atoms with van der Waals surface area (Å²) in [5.74, 6) is 2.40. The summed E-state index contributed by atoms with van der Waals surface area (Å²) in [4.78, 5) is 0. The monoisotopic (exact) mass is 274 g/mol. The fraction of sp³-hybridized carbons (Fsp3) is 0.684. The van der Waals surface area contributed by atoms with Crippen LogP contribution in [-0.2, 0) is 0 Å². The maximum absolute atomic E-state index is 14.1. The molecule has 1 aromatic carbocycles. The molecule has 0 aromatic heterocycles. The van der Waals surface area contributed by atoms with Crippen molar-refractivity contribution < 1.29 is 4.39 Å². The van der Waals surface area contributed by atoms with Gasteiger partial charge in [-0.05, 0) is 67.6 Å². The molecule has 20 heavy (non-hydrogen) atoms. The van der Waals surface area contributed by atoms with E-state index in [0.29, 0.717) is 5.92 Å². The Kier molecular flexibility index (Phi) is 4.43. The Labute approximate surface area is 122 Å². The van der Waals surface area contributed by atoms with Crippen molar-refractivity contribution in [3.05, 3.63) is 35.1 Å². The van der Waals surface area contributed by atoms with E-state index in [9.17, 15) is 4.39 Å². The normalized spacial score (nSPS) is 28.5. The summed E-state index contributed by atoms with van der Waals surface area (Å²) in [6.07, 6.45) is 12.3. The average molecular weight is 274 g/mol. The van der Waals surface area contributed by atoms with Gasteiger partial charge in [-0.3, -0.25) is 0 Å². The van der Waals surface area contributed by atoms with E-state index >= 15 is 0 Å². The van der Waals surface area contributed by atoms with E-state index < -0.39 is 0 Å². The van der Waals surface area contributed by atoms with Gasteiger partial charge in [-0.2, -0.15) is 0 Å². The molecule has 3 rings (SSSR count). The van der Waals surface area contributed by atoms with E-state index in [1.165, 1.54) is 57.8 Å². The molecule has 2 aliphatic carbocycles. The Morgan fingerprint density at radius 3 is 2.15 bits per heavy atom. The van der Waals surface area contributed by atoms with E-state index in [1.54, 1.807) is 6.07 Å². The Bertz CT molecular complexity index is 437. The van der Waals surface area contributed by atoms with Crippen molar-refractivity contribution in [3.8, 4) is 0 Å². The molecule has 1 heteroatoms. The van der Waals surface area contributed by atoms with Gasteiger partial charge < -0.3 is 0 Å². The Hall–Kier alpha value is -0.850. The highest BCUT2D eigenvalue weighted by atomic mass is 19.1. The van der Waals surface area contributed by atoms with Gasteiger partial charge >= 0.3 is 0 Å². The number of rotatable bonds is 2. The number of hydrogen-bond donors (Lipinski definition) is 0. The summed E-state index contributed by atoms with van der Waals surface area (Å²) < 4.78 is 14.1. The van der Waals surface area contributed by atoms with Crippen molar-refractivity contribution in [2.45, 2.75) is 70.6 Å². The molecule has 0 saturated heterocycles. The molecular formula is C19H27F. The molecule has 0 atom stereocenters. The molecule has 0 aliphatic heterocycles. The summed E-state index contributed by atoms with van der Waals surface area (Å²) in [5, 5.41) is 0. The highest BCUT2D eigenvalue weighted by molar-refractivity contribution is 5.26. The molecule has 0 heterocycles. The van der Waals surface area contributed by atoms with Crippen LogP contribution in [0.5, 0.6) is 0 Å². The molecular weight excluding hydrogens is 247 g/mol.